The minimum atomic E-state index is -3.65. The summed E-state index contributed by atoms with van der Waals surface area (Å²) in [5.41, 5.74) is 1.64. The van der Waals surface area contributed by atoms with Crippen LogP contribution in [0.25, 0.3) is 0 Å². The summed E-state index contributed by atoms with van der Waals surface area (Å²) >= 11 is 0. The third-order valence-corrected chi connectivity index (χ3v) is 6.23. The molecule has 0 bridgehead atoms. The standard InChI is InChI=1S/C24H33N3O4S/c1-19(2)15-25-24(29)20(3)27(17-22-13-9-6-10-14-22)23(28)18-26(32(4,30)31)16-21-11-7-5-8-12-21/h5-14,19-20H,15-18H2,1-4H3,(H,25,29)/t20-/m0/s1. The number of carbonyl (C=O) groups excluding carboxylic acids is 2. The van der Waals surface area contributed by atoms with Crippen LogP contribution >= 0.6 is 0 Å². The fourth-order valence-corrected chi connectivity index (χ4v) is 3.86. The zero-order valence-corrected chi connectivity index (χ0v) is 20.0. The van der Waals surface area contributed by atoms with Crippen LogP contribution in [-0.4, -0.2) is 54.8 Å². The summed E-state index contributed by atoms with van der Waals surface area (Å²) in [6, 6.07) is 17.7. The van der Waals surface area contributed by atoms with E-state index in [-0.39, 0.29) is 31.5 Å². The molecule has 0 saturated heterocycles. The average molecular weight is 460 g/mol. The number of nitrogens with one attached hydrogen (secondary N) is 1. The first-order chi connectivity index (χ1) is 15.1. The van der Waals surface area contributed by atoms with Crippen molar-refractivity contribution in [2.75, 3.05) is 19.3 Å². The molecule has 0 fully saturated rings. The third kappa shape index (κ3) is 8.09. The lowest BCUT2D eigenvalue weighted by Crippen LogP contribution is -2.51. The van der Waals surface area contributed by atoms with E-state index < -0.39 is 22.0 Å². The fourth-order valence-electron chi connectivity index (χ4n) is 3.13. The van der Waals surface area contributed by atoms with Crippen LogP contribution in [0.1, 0.15) is 31.9 Å². The molecule has 2 aromatic rings. The average Bonchev–Trinajstić information content (AvgIpc) is 2.75. The van der Waals surface area contributed by atoms with E-state index in [1.165, 1.54) is 4.90 Å². The van der Waals surface area contributed by atoms with E-state index in [0.29, 0.717) is 6.54 Å². The normalized spacial score (nSPS) is 12.6. The van der Waals surface area contributed by atoms with Crippen molar-refractivity contribution >= 4 is 21.8 Å². The van der Waals surface area contributed by atoms with Crippen LogP contribution in [0.4, 0.5) is 0 Å². The summed E-state index contributed by atoms with van der Waals surface area (Å²) in [4.78, 5) is 27.5. The molecule has 1 N–H and O–H groups in total. The molecular formula is C24H33N3O4S. The van der Waals surface area contributed by atoms with E-state index in [2.05, 4.69) is 5.32 Å². The Morgan fingerprint density at radius 2 is 1.38 bits per heavy atom. The summed E-state index contributed by atoms with van der Waals surface area (Å²) in [6.07, 6.45) is 1.09. The topological polar surface area (TPSA) is 86.8 Å². The number of benzene rings is 2. The van der Waals surface area contributed by atoms with Gasteiger partial charge in [-0.2, -0.15) is 4.31 Å². The molecule has 0 radical (unpaired) electrons. The van der Waals surface area contributed by atoms with Crippen LogP contribution < -0.4 is 5.32 Å². The molecule has 2 aromatic carbocycles. The highest BCUT2D eigenvalue weighted by atomic mass is 32.2. The van der Waals surface area contributed by atoms with Crippen LogP contribution in [0.2, 0.25) is 0 Å². The fraction of sp³-hybridized carbons (Fsp3) is 0.417. The molecule has 0 aliphatic carbocycles. The van der Waals surface area contributed by atoms with Gasteiger partial charge in [-0.25, -0.2) is 8.42 Å². The highest BCUT2D eigenvalue weighted by Crippen LogP contribution is 2.13. The Labute approximate surface area is 191 Å². The number of nitrogens with zero attached hydrogens (tertiary/aromatic N) is 2. The maximum Gasteiger partial charge on any atom is 0.242 e. The molecule has 0 heterocycles. The number of sulfonamides is 1. The van der Waals surface area contributed by atoms with Gasteiger partial charge in [-0.15, -0.1) is 0 Å². The summed E-state index contributed by atoms with van der Waals surface area (Å²) in [5.74, 6) is -0.421. The monoisotopic (exact) mass is 459 g/mol. The van der Waals surface area contributed by atoms with Gasteiger partial charge < -0.3 is 10.2 Å². The quantitative estimate of drug-likeness (QED) is 0.560. The molecule has 0 spiro atoms. The Hall–Kier alpha value is -2.71. The van der Waals surface area contributed by atoms with E-state index in [1.807, 2.05) is 74.5 Å². The zero-order valence-electron chi connectivity index (χ0n) is 19.2. The van der Waals surface area contributed by atoms with Crippen LogP contribution in [0, 0.1) is 5.92 Å². The molecule has 0 saturated carbocycles. The highest BCUT2D eigenvalue weighted by molar-refractivity contribution is 7.88. The Bertz CT molecular complexity index is 979. The van der Waals surface area contributed by atoms with Crippen molar-refractivity contribution in [3.8, 4) is 0 Å². The molecule has 0 aromatic heterocycles. The highest BCUT2D eigenvalue weighted by Gasteiger charge is 2.29. The first-order valence-corrected chi connectivity index (χ1v) is 12.5. The van der Waals surface area contributed by atoms with Crippen molar-refractivity contribution in [3.63, 3.8) is 0 Å². The Kier molecular flexibility index (Phi) is 9.41. The molecule has 1 atom stereocenters. The lowest BCUT2D eigenvalue weighted by molar-refractivity contribution is -0.140. The molecule has 7 nitrogen and oxygen atoms in total. The molecule has 32 heavy (non-hydrogen) atoms. The maximum absolute atomic E-state index is 13.3. The third-order valence-electron chi connectivity index (χ3n) is 5.03. The van der Waals surface area contributed by atoms with Gasteiger partial charge in [0, 0.05) is 19.6 Å². The van der Waals surface area contributed by atoms with Gasteiger partial charge in [0.25, 0.3) is 0 Å². The number of hydrogen-bond acceptors (Lipinski definition) is 4. The van der Waals surface area contributed by atoms with E-state index in [9.17, 15) is 18.0 Å². The van der Waals surface area contributed by atoms with Gasteiger partial charge >= 0.3 is 0 Å². The van der Waals surface area contributed by atoms with Crippen molar-refractivity contribution in [2.24, 2.45) is 5.92 Å². The Morgan fingerprint density at radius 3 is 1.84 bits per heavy atom. The maximum atomic E-state index is 13.3. The van der Waals surface area contributed by atoms with Crippen LogP contribution in [-0.2, 0) is 32.7 Å². The van der Waals surface area contributed by atoms with Crippen molar-refractivity contribution in [1.29, 1.82) is 0 Å². The largest absolute Gasteiger partial charge is 0.354 e. The number of hydrogen-bond donors (Lipinski definition) is 1. The number of amides is 2. The van der Waals surface area contributed by atoms with Gasteiger partial charge in [0.2, 0.25) is 21.8 Å². The zero-order chi connectivity index (χ0) is 23.7. The van der Waals surface area contributed by atoms with Gasteiger partial charge in [-0.05, 0) is 24.0 Å². The second-order valence-electron chi connectivity index (χ2n) is 8.34. The second-order valence-corrected chi connectivity index (χ2v) is 10.3. The van der Waals surface area contributed by atoms with E-state index in [1.54, 1.807) is 6.92 Å². The molecule has 2 rings (SSSR count). The molecular weight excluding hydrogens is 426 g/mol. The smallest absolute Gasteiger partial charge is 0.242 e. The molecule has 0 unspecified atom stereocenters. The summed E-state index contributed by atoms with van der Waals surface area (Å²) in [7, 11) is -3.65. The Balaban J connectivity index is 2.25. The van der Waals surface area contributed by atoms with Gasteiger partial charge in [-0.3, -0.25) is 9.59 Å². The van der Waals surface area contributed by atoms with Crippen molar-refractivity contribution in [2.45, 2.75) is 39.9 Å². The summed E-state index contributed by atoms with van der Waals surface area (Å²) in [6.45, 7) is 6.09. The van der Waals surface area contributed by atoms with Gasteiger partial charge in [0.15, 0.2) is 0 Å². The number of rotatable bonds is 11. The van der Waals surface area contributed by atoms with E-state index >= 15 is 0 Å². The first kappa shape index (κ1) is 25.5. The van der Waals surface area contributed by atoms with E-state index in [0.717, 1.165) is 21.7 Å². The minimum Gasteiger partial charge on any atom is -0.354 e. The molecule has 8 heteroatoms. The van der Waals surface area contributed by atoms with Crippen molar-refractivity contribution in [1.82, 2.24) is 14.5 Å². The predicted octanol–water partition coefficient (Wildman–Crippen LogP) is 2.64. The van der Waals surface area contributed by atoms with Gasteiger partial charge in [0.1, 0.15) is 6.04 Å². The summed E-state index contributed by atoms with van der Waals surface area (Å²) < 4.78 is 26.0. The van der Waals surface area contributed by atoms with Gasteiger partial charge in [0.05, 0.1) is 12.8 Å². The molecule has 0 aliphatic rings. The van der Waals surface area contributed by atoms with Crippen LogP contribution in [0.5, 0.6) is 0 Å². The SMILES string of the molecule is CC(C)CNC(=O)[C@H](C)N(Cc1ccccc1)C(=O)CN(Cc1ccccc1)S(C)(=O)=O. The lowest BCUT2D eigenvalue weighted by Gasteiger charge is -2.31. The molecule has 0 aliphatic heterocycles. The Morgan fingerprint density at radius 1 is 0.875 bits per heavy atom. The lowest BCUT2D eigenvalue weighted by atomic mass is 10.1. The van der Waals surface area contributed by atoms with Crippen molar-refractivity contribution < 1.29 is 18.0 Å². The minimum absolute atomic E-state index is 0.0819. The molecule has 2 amide bonds. The summed E-state index contributed by atoms with van der Waals surface area (Å²) in [5, 5.41) is 2.86. The predicted molar refractivity (Wildman–Crippen MR) is 126 cm³/mol. The van der Waals surface area contributed by atoms with E-state index in [4.69, 9.17) is 0 Å². The van der Waals surface area contributed by atoms with Crippen LogP contribution in [0.3, 0.4) is 0 Å². The number of carbonyl (C=O) groups is 2. The molecule has 174 valence electrons. The first-order valence-electron chi connectivity index (χ1n) is 10.7. The second kappa shape index (κ2) is 11.8. The van der Waals surface area contributed by atoms with Crippen molar-refractivity contribution in [3.05, 3.63) is 71.8 Å². The van der Waals surface area contributed by atoms with Gasteiger partial charge in [-0.1, -0.05) is 74.5 Å². The van der Waals surface area contributed by atoms with Crippen LogP contribution in [0.15, 0.2) is 60.7 Å².